The molecule has 0 bridgehead atoms. The highest BCUT2D eigenvalue weighted by Crippen LogP contribution is 2.30. The largest absolute Gasteiger partial charge is 0.494 e. The Balaban J connectivity index is 1.40. The van der Waals surface area contributed by atoms with Crippen LogP contribution in [0, 0.1) is 11.6 Å². The maximum atomic E-state index is 14.2. The van der Waals surface area contributed by atoms with Gasteiger partial charge in [0, 0.05) is 18.7 Å². The Morgan fingerprint density at radius 3 is 2.53 bits per heavy atom. The quantitative estimate of drug-likeness (QED) is 0.321. The molecule has 0 aromatic heterocycles. The standard InChI is InChI=1S/C27H25F2NO2/c1-18(24-9-5-7-19-6-3-4-8-25(19)24)30-12-13-32-23-15-21(14-22(28)17-23)20-10-11-26(29)27(16-20)31-2/h3-11,14-18,30H,12-13H2,1-2H3/t18-/m1/s1. The zero-order chi connectivity index (χ0) is 22.5. The van der Waals surface area contributed by atoms with Gasteiger partial charge in [0.05, 0.1) is 7.11 Å². The van der Waals surface area contributed by atoms with Gasteiger partial charge in [-0.1, -0.05) is 48.5 Å². The van der Waals surface area contributed by atoms with Crippen molar-refractivity contribution in [1.82, 2.24) is 5.32 Å². The second kappa shape index (κ2) is 9.79. The normalized spacial score (nSPS) is 12.0. The average molecular weight is 433 g/mol. The van der Waals surface area contributed by atoms with Crippen LogP contribution in [0.15, 0.2) is 78.9 Å². The summed E-state index contributed by atoms with van der Waals surface area (Å²) in [5.74, 6) is -0.350. The molecule has 1 N–H and O–H groups in total. The maximum absolute atomic E-state index is 14.2. The van der Waals surface area contributed by atoms with Crippen LogP contribution in [0.25, 0.3) is 21.9 Å². The predicted molar refractivity (Wildman–Crippen MR) is 124 cm³/mol. The molecule has 0 saturated heterocycles. The molecule has 0 amide bonds. The van der Waals surface area contributed by atoms with E-state index in [9.17, 15) is 8.78 Å². The molecule has 0 aliphatic rings. The molecule has 0 saturated carbocycles. The summed E-state index contributed by atoms with van der Waals surface area (Å²) in [4.78, 5) is 0. The van der Waals surface area contributed by atoms with Gasteiger partial charge in [0.15, 0.2) is 11.6 Å². The molecule has 1 atom stereocenters. The van der Waals surface area contributed by atoms with Crippen molar-refractivity contribution < 1.29 is 18.3 Å². The summed E-state index contributed by atoms with van der Waals surface area (Å²) < 4.78 is 38.7. The lowest BCUT2D eigenvalue weighted by molar-refractivity contribution is 0.306. The van der Waals surface area contributed by atoms with E-state index in [1.165, 1.54) is 41.6 Å². The lowest BCUT2D eigenvalue weighted by Crippen LogP contribution is -2.24. The van der Waals surface area contributed by atoms with Crippen molar-refractivity contribution in [2.24, 2.45) is 0 Å². The number of ether oxygens (including phenoxy) is 2. The first-order valence-corrected chi connectivity index (χ1v) is 10.5. The summed E-state index contributed by atoms with van der Waals surface area (Å²) in [7, 11) is 1.40. The van der Waals surface area contributed by atoms with Crippen LogP contribution in [0.4, 0.5) is 8.78 Å². The van der Waals surface area contributed by atoms with Crippen LogP contribution < -0.4 is 14.8 Å². The Bertz CT molecular complexity index is 1220. The first kappa shape index (κ1) is 21.8. The zero-order valence-electron chi connectivity index (χ0n) is 18.1. The van der Waals surface area contributed by atoms with E-state index in [2.05, 4.69) is 42.6 Å². The minimum Gasteiger partial charge on any atom is -0.494 e. The molecule has 0 unspecified atom stereocenters. The SMILES string of the molecule is COc1cc(-c2cc(F)cc(OCCN[C@H](C)c3cccc4ccccc34)c2)ccc1F. The number of rotatable bonds is 8. The summed E-state index contributed by atoms with van der Waals surface area (Å²) in [5.41, 5.74) is 2.46. The number of hydrogen-bond donors (Lipinski definition) is 1. The molecule has 0 spiro atoms. The van der Waals surface area contributed by atoms with Crippen molar-refractivity contribution in [2.45, 2.75) is 13.0 Å². The van der Waals surface area contributed by atoms with Crippen LogP contribution in [0.1, 0.15) is 18.5 Å². The van der Waals surface area contributed by atoms with E-state index in [0.29, 0.717) is 30.0 Å². The van der Waals surface area contributed by atoms with Crippen molar-refractivity contribution in [1.29, 1.82) is 0 Å². The monoisotopic (exact) mass is 433 g/mol. The fourth-order valence-electron chi connectivity index (χ4n) is 3.83. The highest BCUT2D eigenvalue weighted by atomic mass is 19.1. The van der Waals surface area contributed by atoms with E-state index in [-0.39, 0.29) is 11.8 Å². The van der Waals surface area contributed by atoms with Gasteiger partial charge in [0.25, 0.3) is 0 Å². The topological polar surface area (TPSA) is 30.5 Å². The first-order chi connectivity index (χ1) is 15.5. The van der Waals surface area contributed by atoms with Crippen molar-refractivity contribution >= 4 is 10.8 Å². The molecule has 5 heteroatoms. The summed E-state index contributed by atoms with van der Waals surface area (Å²) in [6.07, 6.45) is 0. The third kappa shape index (κ3) is 4.89. The average Bonchev–Trinajstić information content (AvgIpc) is 2.81. The van der Waals surface area contributed by atoms with Crippen LogP contribution in [-0.4, -0.2) is 20.3 Å². The van der Waals surface area contributed by atoms with Crippen LogP contribution in [-0.2, 0) is 0 Å². The molecule has 4 aromatic carbocycles. The van der Waals surface area contributed by atoms with E-state index in [4.69, 9.17) is 9.47 Å². The van der Waals surface area contributed by atoms with Gasteiger partial charge in [-0.3, -0.25) is 0 Å². The van der Waals surface area contributed by atoms with Crippen LogP contribution >= 0.6 is 0 Å². The van der Waals surface area contributed by atoms with Crippen molar-refractivity contribution in [3.8, 4) is 22.6 Å². The Morgan fingerprint density at radius 1 is 0.875 bits per heavy atom. The fraction of sp³-hybridized carbons (Fsp3) is 0.185. The number of nitrogens with one attached hydrogen (secondary N) is 1. The van der Waals surface area contributed by atoms with Crippen LogP contribution in [0.3, 0.4) is 0 Å². The van der Waals surface area contributed by atoms with Gasteiger partial charge in [0.1, 0.15) is 18.2 Å². The fourth-order valence-corrected chi connectivity index (χ4v) is 3.83. The molecule has 4 aromatic rings. The van der Waals surface area contributed by atoms with E-state index >= 15 is 0 Å². The second-order valence-corrected chi connectivity index (χ2v) is 7.62. The molecule has 4 rings (SSSR count). The molecule has 3 nitrogen and oxygen atoms in total. The minimum absolute atomic E-state index is 0.112. The summed E-state index contributed by atoms with van der Waals surface area (Å²) in [6.45, 7) is 3.09. The number of hydrogen-bond acceptors (Lipinski definition) is 3. The molecule has 32 heavy (non-hydrogen) atoms. The molecule has 0 fully saturated rings. The van der Waals surface area contributed by atoms with E-state index < -0.39 is 11.6 Å². The van der Waals surface area contributed by atoms with Gasteiger partial charge in [-0.25, -0.2) is 8.78 Å². The summed E-state index contributed by atoms with van der Waals surface area (Å²) >= 11 is 0. The Kier molecular flexibility index (Phi) is 6.66. The third-order valence-electron chi connectivity index (χ3n) is 5.47. The number of benzene rings is 4. The van der Waals surface area contributed by atoms with Crippen LogP contribution in [0.5, 0.6) is 11.5 Å². The zero-order valence-corrected chi connectivity index (χ0v) is 18.1. The maximum Gasteiger partial charge on any atom is 0.165 e. The van der Waals surface area contributed by atoms with Gasteiger partial charge < -0.3 is 14.8 Å². The van der Waals surface area contributed by atoms with E-state index in [1.807, 2.05) is 12.1 Å². The Labute approximate surface area is 186 Å². The predicted octanol–water partition coefficient (Wildman–Crippen LogP) is 6.52. The smallest absolute Gasteiger partial charge is 0.165 e. The van der Waals surface area contributed by atoms with Crippen molar-refractivity contribution in [3.05, 3.63) is 96.1 Å². The summed E-state index contributed by atoms with van der Waals surface area (Å²) in [6, 6.07) is 23.6. The number of fused-ring (bicyclic) bond motifs is 1. The molecular formula is C27H25F2NO2. The van der Waals surface area contributed by atoms with Gasteiger partial charge in [-0.15, -0.1) is 0 Å². The first-order valence-electron chi connectivity index (χ1n) is 10.5. The second-order valence-electron chi connectivity index (χ2n) is 7.62. The van der Waals surface area contributed by atoms with Gasteiger partial charge in [-0.05, 0) is 58.7 Å². The molecule has 164 valence electrons. The lowest BCUT2D eigenvalue weighted by Gasteiger charge is -2.17. The van der Waals surface area contributed by atoms with Gasteiger partial charge >= 0.3 is 0 Å². The molecule has 0 aliphatic heterocycles. The number of halogens is 2. The van der Waals surface area contributed by atoms with Gasteiger partial charge in [0.2, 0.25) is 0 Å². The molecule has 0 heterocycles. The highest BCUT2D eigenvalue weighted by Gasteiger charge is 2.10. The minimum atomic E-state index is -0.462. The Morgan fingerprint density at radius 2 is 1.69 bits per heavy atom. The number of methoxy groups -OCH3 is 1. The molecular weight excluding hydrogens is 408 g/mol. The molecule has 0 radical (unpaired) electrons. The van der Waals surface area contributed by atoms with Crippen molar-refractivity contribution in [2.75, 3.05) is 20.3 Å². The van der Waals surface area contributed by atoms with Crippen molar-refractivity contribution in [3.63, 3.8) is 0 Å². The molecule has 0 aliphatic carbocycles. The summed E-state index contributed by atoms with van der Waals surface area (Å²) in [5, 5.41) is 5.90. The Hall–Kier alpha value is -3.44. The van der Waals surface area contributed by atoms with E-state index in [0.717, 1.165) is 0 Å². The highest BCUT2D eigenvalue weighted by molar-refractivity contribution is 5.86. The lowest BCUT2D eigenvalue weighted by atomic mass is 10.00. The van der Waals surface area contributed by atoms with Crippen LogP contribution in [0.2, 0.25) is 0 Å². The third-order valence-corrected chi connectivity index (χ3v) is 5.47. The van der Waals surface area contributed by atoms with E-state index in [1.54, 1.807) is 18.2 Å². The van der Waals surface area contributed by atoms with Gasteiger partial charge in [-0.2, -0.15) is 0 Å².